The number of pyridine rings is 1. The summed E-state index contributed by atoms with van der Waals surface area (Å²) in [7, 11) is 0. The Morgan fingerprint density at radius 1 is 1.58 bits per heavy atom. The van der Waals surface area contributed by atoms with Crippen LogP contribution < -0.4 is 10.6 Å². The second-order valence-corrected chi connectivity index (χ2v) is 9.20. The Balaban J connectivity index is 2.23. The van der Waals surface area contributed by atoms with Gasteiger partial charge >= 0.3 is 6.09 Å². The van der Waals surface area contributed by atoms with Crippen molar-refractivity contribution in [2.45, 2.75) is 38.9 Å². The normalized spacial score (nSPS) is 19.5. The van der Waals surface area contributed by atoms with Crippen molar-refractivity contribution >= 4 is 29.0 Å². The first-order valence-electron chi connectivity index (χ1n) is 8.38. The van der Waals surface area contributed by atoms with Crippen molar-refractivity contribution in [3.63, 3.8) is 0 Å². The van der Waals surface area contributed by atoms with E-state index in [2.05, 4.69) is 9.38 Å². The van der Waals surface area contributed by atoms with Gasteiger partial charge in [0.05, 0.1) is 18.5 Å². The topological polar surface area (TPSA) is 104 Å². The minimum Gasteiger partial charge on any atom is -0.591 e. The summed E-state index contributed by atoms with van der Waals surface area (Å²) in [5.41, 5.74) is 5.99. The minimum absolute atomic E-state index is 0.128. The predicted molar refractivity (Wildman–Crippen MR) is 100 cm³/mol. The van der Waals surface area contributed by atoms with Gasteiger partial charge in [0.15, 0.2) is 0 Å². The Kier molecular flexibility index (Phi) is 6.46. The molecule has 0 aromatic carbocycles. The fourth-order valence-electron chi connectivity index (χ4n) is 2.62. The van der Waals surface area contributed by atoms with E-state index < -0.39 is 28.0 Å². The van der Waals surface area contributed by atoms with Gasteiger partial charge in [-0.05, 0) is 40.2 Å². The number of nitrogens with two attached hydrogens (primary N) is 1. The molecule has 2 unspecified atom stereocenters. The quantitative estimate of drug-likeness (QED) is 0.620. The highest BCUT2D eigenvalue weighted by molar-refractivity contribution is 7.91. The standard InChI is InChI=1S/C17H25FN4O3S/c1-11(21-26(24)17(2,3)4)14-7-13(18)8-20-15(14)22-6-5-12(9-22)10-25-16(19)23/h7-8,12H,5-6,9-10H2,1-4H3,(H2,19,23). The lowest BCUT2D eigenvalue weighted by atomic mass is 10.1. The molecule has 144 valence electrons. The first kappa shape index (κ1) is 20.4. The number of nitrogens with zero attached hydrogens (tertiary/aromatic N) is 3. The Morgan fingerprint density at radius 3 is 2.88 bits per heavy atom. The zero-order valence-corrected chi connectivity index (χ0v) is 16.3. The van der Waals surface area contributed by atoms with Gasteiger partial charge < -0.3 is 19.9 Å². The summed E-state index contributed by atoms with van der Waals surface area (Å²) in [5.74, 6) is 0.232. The van der Waals surface area contributed by atoms with Crippen molar-refractivity contribution in [3.8, 4) is 0 Å². The SMILES string of the molecule is CC(=N[S+]([O-])C(C)(C)C)c1cc(F)cnc1N1CCC(COC(N)=O)C1. The van der Waals surface area contributed by atoms with Crippen molar-refractivity contribution in [1.82, 2.24) is 4.98 Å². The number of carbonyl (C=O) groups excluding carboxylic acids is 1. The maximum atomic E-state index is 13.8. The van der Waals surface area contributed by atoms with E-state index in [9.17, 15) is 13.7 Å². The molecule has 1 fully saturated rings. The number of carbonyl (C=O) groups is 1. The number of aromatic nitrogens is 1. The maximum Gasteiger partial charge on any atom is 0.404 e. The zero-order chi connectivity index (χ0) is 19.5. The summed E-state index contributed by atoms with van der Waals surface area (Å²) in [6, 6.07) is 1.36. The van der Waals surface area contributed by atoms with E-state index in [1.54, 1.807) is 6.92 Å². The Labute approximate surface area is 156 Å². The van der Waals surface area contributed by atoms with Crippen LogP contribution in [0, 0.1) is 11.7 Å². The van der Waals surface area contributed by atoms with Gasteiger partial charge in [-0.15, -0.1) is 0 Å². The van der Waals surface area contributed by atoms with Crippen molar-refractivity contribution in [2.75, 3.05) is 24.6 Å². The molecule has 0 bridgehead atoms. The number of halogens is 1. The third-order valence-corrected chi connectivity index (χ3v) is 5.50. The molecule has 1 saturated heterocycles. The largest absolute Gasteiger partial charge is 0.591 e. The van der Waals surface area contributed by atoms with E-state index in [-0.39, 0.29) is 12.5 Å². The number of hydrogen-bond donors (Lipinski definition) is 1. The van der Waals surface area contributed by atoms with Crippen LogP contribution in [0.2, 0.25) is 0 Å². The Bertz CT molecular complexity index is 693. The Morgan fingerprint density at radius 2 is 2.27 bits per heavy atom. The lowest BCUT2D eigenvalue weighted by molar-refractivity contribution is 0.140. The van der Waals surface area contributed by atoms with Crippen LogP contribution in [-0.4, -0.2) is 45.8 Å². The van der Waals surface area contributed by atoms with E-state index in [0.717, 1.165) is 12.6 Å². The number of rotatable bonds is 5. The molecule has 0 saturated carbocycles. The molecule has 26 heavy (non-hydrogen) atoms. The van der Waals surface area contributed by atoms with Crippen LogP contribution in [0.4, 0.5) is 15.0 Å². The van der Waals surface area contributed by atoms with Crippen LogP contribution in [0.3, 0.4) is 0 Å². The van der Waals surface area contributed by atoms with Crippen LogP contribution in [0.15, 0.2) is 16.7 Å². The van der Waals surface area contributed by atoms with E-state index in [1.807, 2.05) is 25.7 Å². The number of hydrogen-bond acceptors (Lipinski definition) is 6. The molecular formula is C17H25FN4O3S. The fraction of sp³-hybridized carbons (Fsp3) is 0.588. The molecule has 2 atom stereocenters. The minimum atomic E-state index is -1.45. The molecule has 7 nitrogen and oxygen atoms in total. The highest BCUT2D eigenvalue weighted by atomic mass is 32.2. The van der Waals surface area contributed by atoms with Crippen LogP contribution >= 0.6 is 0 Å². The maximum absolute atomic E-state index is 13.8. The third-order valence-electron chi connectivity index (χ3n) is 4.01. The van der Waals surface area contributed by atoms with Crippen molar-refractivity contribution in [2.24, 2.45) is 16.0 Å². The average molecular weight is 384 g/mol. The smallest absolute Gasteiger partial charge is 0.404 e. The Hall–Kier alpha value is -1.87. The third kappa shape index (κ3) is 5.31. The van der Waals surface area contributed by atoms with Gasteiger partial charge in [0.1, 0.15) is 27.7 Å². The van der Waals surface area contributed by atoms with Gasteiger partial charge in [-0.2, -0.15) is 0 Å². The van der Waals surface area contributed by atoms with Gasteiger partial charge in [0, 0.05) is 24.6 Å². The fourth-order valence-corrected chi connectivity index (χ4v) is 3.24. The van der Waals surface area contributed by atoms with Gasteiger partial charge in [-0.25, -0.2) is 14.2 Å². The molecule has 1 amide bonds. The molecule has 0 radical (unpaired) electrons. The molecule has 1 aliphatic heterocycles. The van der Waals surface area contributed by atoms with Gasteiger partial charge in [-0.1, -0.05) is 4.40 Å². The number of ether oxygens (including phenoxy) is 1. The molecule has 0 spiro atoms. The molecule has 2 heterocycles. The van der Waals surface area contributed by atoms with Crippen LogP contribution in [0.5, 0.6) is 0 Å². The lowest BCUT2D eigenvalue weighted by Crippen LogP contribution is -2.28. The molecule has 2 N–H and O–H groups in total. The van der Waals surface area contributed by atoms with Crippen molar-refractivity contribution in [1.29, 1.82) is 0 Å². The predicted octanol–water partition coefficient (Wildman–Crippen LogP) is 2.41. The summed E-state index contributed by atoms with van der Waals surface area (Å²) in [5, 5.41) is 0. The summed E-state index contributed by atoms with van der Waals surface area (Å²) in [6.45, 7) is 8.72. The number of primary amides is 1. The van der Waals surface area contributed by atoms with E-state index in [4.69, 9.17) is 10.5 Å². The summed E-state index contributed by atoms with van der Waals surface area (Å²) >= 11 is -1.45. The first-order chi connectivity index (χ1) is 12.1. The molecular weight excluding hydrogens is 359 g/mol. The van der Waals surface area contributed by atoms with Crippen LogP contribution in [-0.2, 0) is 16.1 Å². The van der Waals surface area contributed by atoms with Gasteiger partial charge in [-0.3, -0.25) is 0 Å². The van der Waals surface area contributed by atoms with Crippen LogP contribution in [0.25, 0.3) is 0 Å². The van der Waals surface area contributed by atoms with Gasteiger partial charge in [0.25, 0.3) is 0 Å². The van der Waals surface area contributed by atoms with E-state index in [1.165, 1.54) is 6.07 Å². The summed E-state index contributed by atoms with van der Waals surface area (Å²) < 4.78 is 34.7. The molecule has 9 heteroatoms. The summed E-state index contributed by atoms with van der Waals surface area (Å²) in [4.78, 5) is 17.0. The molecule has 1 aromatic heterocycles. The number of anilines is 1. The van der Waals surface area contributed by atoms with E-state index >= 15 is 0 Å². The molecule has 1 aliphatic rings. The second kappa shape index (κ2) is 8.22. The second-order valence-electron chi connectivity index (χ2n) is 7.29. The molecule has 1 aromatic rings. The lowest BCUT2D eigenvalue weighted by Gasteiger charge is -2.22. The highest BCUT2D eigenvalue weighted by Crippen LogP contribution is 2.27. The summed E-state index contributed by atoms with van der Waals surface area (Å²) in [6.07, 6.45) is 1.16. The molecule has 2 rings (SSSR count). The molecule has 0 aliphatic carbocycles. The average Bonchev–Trinajstić information content (AvgIpc) is 3.00. The van der Waals surface area contributed by atoms with Crippen LogP contribution in [0.1, 0.15) is 39.7 Å². The highest BCUT2D eigenvalue weighted by Gasteiger charge is 2.29. The van der Waals surface area contributed by atoms with E-state index in [0.29, 0.717) is 30.2 Å². The van der Waals surface area contributed by atoms with Crippen molar-refractivity contribution in [3.05, 3.63) is 23.6 Å². The van der Waals surface area contributed by atoms with Crippen molar-refractivity contribution < 1.29 is 18.5 Å². The zero-order valence-electron chi connectivity index (χ0n) is 15.5. The first-order valence-corrected chi connectivity index (χ1v) is 9.49. The monoisotopic (exact) mass is 384 g/mol. The number of amides is 1. The van der Waals surface area contributed by atoms with Gasteiger partial charge in [0.2, 0.25) is 0 Å².